The van der Waals surface area contributed by atoms with Gasteiger partial charge in [-0.1, -0.05) is 13.8 Å². The lowest BCUT2D eigenvalue weighted by atomic mass is 10.0. The predicted molar refractivity (Wildman–Crippen MR) is 137 cm³/mol. The standard InChI is InChI=1S/C27H46F3NO8/c1-17(2)16-36-20-13-10-12-19(22(32)37-18(3)21(20)35-15-11-14-27(28,29)30)31(23(33)38-25(4,5)6)24(34)39-26(7,8)9/h17-21H,10-16H2,1-9H3/t18-,19-,20-,21-/m0/s1. The minimum Gasteiger partial charge on any atom is -0.458 e. The van der Waals surface area contributed by atoms with Crippen molar-refractivity contribution in [2.24, 2.45) is 5.92 Å². The Morgan fingerprint density at radius 3 is 1.97 bits per heavy atom. The second-order valence-corrected chi connectivity index (χ2v) is 12.2. The second kappa shape index (κ2) is 14.5. The highest BCUT2D eigenvalue weighted by atomic mass is 19.4. The highest BCUT2D eigenvalue weighted by molar-refractivity contribution is 5.94. The molecule has 1 saturated heterocycles. The number of carbonyl (C=O) groups excluding carboxylic acids is 3. The van der Waals surface area contributed by atoms with Crippen molar-refractivity contribution in [2.45, 2.75) is 136 Å². The Kier molecular flexibility index (Phi) is 13.0. The topological polar surface area (TPSA) is 101 Å². The molecule has 0 aromatic rings. The number of ether oxygens (including phenoxy) is 5. The van der Waals surface area contributed by atoms with E-state index in [1.165, 1.54) is 0 Å². The van der Waals surface area contributed by atoms with Crippen molar-refractivity contribution in [1.82, 2.24) is 4.90 Å². The third-order valence-electron chi connectivity index (χ3n) is 5.42. The first kappa shape index (κ1) is 34.9. The van der Waals surface area contributed by atoms with Crippen LogP contribution in [0, 0.1) is 5.92 Å². The molecule has 0 bridgehead atoms. The fourth-order valence-electron chi connectivity index (χ4n) is 3.84. The molecule has 9 nitrogen and oxygen atoms in total. The number of hydrogen-bond donors (Lipinski definition) is 0. The molecule has 39 heavy (non-hydrogen) atoms. The van der Waals surface area contributed by atoms with Gasteiger partial charge in [0.15, 0.2) is 0 Å². The molecule has 4 atom stereocenters. The first-order valence-corrected chi connectivity index (χ1v) is 13.5. The molecule has 0 radical (unpaired) electrons. The van der Waals surface area contributed by atoms with Crippen LogP contribution in [0.15, 0.2) is 0 Å². The Morgan fingerprint density at radius 1 is 0.974 bits per heavy atom. The molecule has 228 valence electrons. The quantitative estimate of drug-likeness (QED) is 0.188. The highest BCUT2D eigenvalue weighted by Gasteiger charge is 2.44. The smallest absolute Gasteiger partial charge is 0.420 e. The second-order valence-electron chi connectivity index (χ2n) is 12.2. The molecule has 1 rings (SSSR count). The Hall–Kier alpha value is -2.08. The van der Waals surface area contributed by atoms with Gasteiger partial charge >= 0.3 is 24.3 Å². The lowest BCUT2D eigenvalue weighted by Gasteiger charge is -2.33. The van der Waals surface area contributed by atoms with Gasteiger partial charge in [-0.15, -0.1) is 0 Å². The number of imide groups is 1. The lowest BCUT2D eigenvalue weighted by molar-refractivity contribution is -0.173. The summed E-state index contributed by atoms with van der Waals surface area (Å²) < 4.78 is 66.2. The van der Waals surface area contributed by atoms with E-state index in [4.69, 9.17) is 23.7 Å². The number of esters is 1. The Morgan fingerprint density at radius 2 is 1.51 bits per heavy atom. The van der Waals surface area contributed by atoms with Crippen LogP contribution in [0.1, 0.15) is 94.4 Å². The van der Waals surface area contributed by atoms with Gasteiger partial charge in [-0.2, -0.15) is 18.1 Å². The maximum Gasteiger partial charge on any atom is 0.420 e. The average molecular weight is 570 g/mol. The Labute approximate surface area is 230 Å². The molecule has 1 heterocycles. The largest absolute Gasteiger partial charge is 0.458 e. The summed E-state index contributed by atoms with van der Waals surface area (Å²) in [5, 5.41) is 0. The molecule has 0 N–H and O–H groups in total. The van der Waals surface area contributed by atoms with E-state index in [1.807, 2.05) is 13.8 Å². The SMILES string of the molecule is CC(C)CO[C@H]1CCC[C@H](N(C(=O)OC(C)(C)C)C(=O)OC(C)(C)C)C(=O)O[C@@H](C)[C@@H]1OCCCC(F)(F)F. The van der Waals surface area contributed by atoms with Gasteiger partial charge in [-0.3, -0.25) is 0 Å². The zero-order valence-electron chi connectivity index (χ0n) is 24.7. The summed E-state index contributed by atoms with van der Waals surface area (Å²) in [5.74, 6) is -0.712. The van der Waals surface area contributed by atoms with Crippen molar-refractivity contribution in [3.8, 4) is 0 Å². The molecule has 0 aromatic carbocycles. The maximum absolute atomic E-state index is 13.4. The van der Waals surface area contributed by atoms with E-state index in [-0.39, 0.29) is 25.4 Å². The molecule has 0 saturated carbocycles. The van der Waals surface area contributed by atoms with Gasteiger partial charge in [-0.05, 0) is 80.1 Å². The fraction of sp³-hybridized carbons (Fsp3) is 0.889. The summed E-state index contributed by atoms with van der Waals surface area (Å²) in [5.41, 5.74) is -1.92. The average Bonchev–Trinajstić information content (AvgIpc) is 2.76. The third kappa shape index (κ3) is 13.7. The van der Waals surface area contributed by atoms with Gasteiger partial charge in [0.25, 0.3) is 0 Å². The number of rotatable bonds is 8. The molecule has 0 aromatic heterocycles. The van der Waals surface area contributed by atoms with Gasteiger partial charge in [0.2, 0.25) is 0 Å². The van der Waals surface area contributed by atoms with Crippen molar-refractivity contribution >= 4 is 18.2 Å². The van der Waals surface area contributed by atoms with E-state index in [1.54, 1.807) is 48.5 Å². The van der Waals surface area contributed by atoms with E-state index < -0.39 is 66.3 Å². The van der Waals surface area contributed by atoms with Crippen LogP contribution in [-0.2, 0) is 28.5 Å². The Bertz CT molecular complexity index is 776. The molecular formula is C27H46F3NO8. The van der Waals surface area contributed by atoms with Crippen molar-refractivity contribution < 1.29 is 51.2 Å². The summed E-state index contributed by atoms with van der Waals surface area (Å²) >= 11 is 0. The minimum absolute atomic E-state index is 0.0341. The van der Waals surface area contributed by atoms with Crippen molar-refractivity contribution in [3.05, 3.63) is 0 Å². The number of alkyl halides is 3. The van der Waals surface area contributed by atoms with Gasteiger partial charge < -0.3 is 23.7 Å². The maximum atomic E-state index is 13.4. The molecular weight excluding hydrogens is 523 g/mol. The number of halogens is 3. The first-order chi connectivity index (χ1) is 17.7. The van der Waals surface area contributed by atoms with Crippen LogP contribution in [0.2, 0.25) is 0 Å². The summed E-state index contributed by atoms with van der Waals surface area (Å²) in [6.45, 7) is 15.3. The van der Waals surface area contributed by atoms with Crippen LogP contribution < -0.4 is 0 Å². The molecule has 0 aliphatic carbocycles. The van der Waals surface area contributed by atoms with Crippen molar-refractivity contribution in [2.75, 3.05) is 13.2 Å². The summed E-state index contributed by atoms with van der Waals surface area (Å²) in [6.07, 6.45) is -9.37. The van der Waals surface area contributed by atoms with E-state index in [9.17, 15) is 27.6 Å². The summed E-state index contributed by atoms with van der Waals surface area (Å²) in [7, 11) is 0. The van der Waals surface area contributed by atoms with E-state index in [0.29, 0.717) is 24.3 Å². The predicted octanol–water partition coefficient (Wildman–Crippen LogP) is 6.41. The van der Waals surface area contributed by atoms with Gasteiger partial charge in [0, 0.05) is 19.6 Å². The zero-order valence-corrected chi connectivity index (χ0v) is 24.7. The van der Waals surface area contributed by atoms with E-state index in [2.05, 4.69) is 0 Å². The number of nitrogens with zero attached hydrogens (tertiary/aromatic N) is 1. The van der Waals surface area contributed by atoms with Crippen LogP contribution in [0.4, 0.5) is 22.8 Å². The number of carbonyl (C=O) groups is 3. The van der Waals surface area contributed by atoms with Crippen LogP contribution in [0.25, 0.3) is 0 Å². The molecule has 2 amide bonds. The number of cyclic esters (lactones) is 1. The molecule has 1 aliphatic rings. The molecule has 12 heteroatoms. The minimum atomic E-state index is -4.31. The molecule has 1 fully saturated rings. The molecule has 0 unspecified atom stereocenters. The Balaban J connectivity index is 3.26. The van der Waals surface area contributed by atoms with E-state index in [0.717, 1.165) is 0 Å². The monoisotopic (exact) mass is 569 g/mol. The fourth-order valence-corrected chi connectivity index (χ4v) is 3.84. The van der Waals surface area contributed by atoms with Gasteiger partial charge in [0.05, 0.1) is 6.10 Å². The normalized spacial score (nSPS) is 23.4. The number of hydrogen-bond acceptors (Lipinski definition) is 8. The van der Waals surface area contributed by atoms with Crippen LogP contribution >= 0.6 is 0 Å². The summed E-state index contributed by atoms with van der Waals surface area (Å²) in [6, 6.07) is -1.35. The third-order valence-corrected chi connectivity index (χ3v) is 5.42. The van der Waals surface area contributed by atoms with Gasteiger partial charge in [0.1, 0.15) is 29.5 Å². The number of amides is 2. The van der Waals surface area contributed by atoms with Crippen LogP contribution in [0.3, 0.4) is 0 Å². The zero-order chi connectivity index (χ0) is 30.2. The van der Waals surface area contributed by atoms with Crippen molar-refractivity contribution in [1.29, 1.82) is 0 Å². The van der Waals surface area contributed by atoms with Gasteiger partial charge in [-0.25, -0.2) is 14.4 Å². The first-order valence-electron chi connectivity index (χ1n) is 13.5. The van der Waals surface area contributed by atoms with E-state index >= 15 is 0 Å². The van der Waals surface area contributed by atoms with Crippen LogP contribution in [0.5, 0.6) is 0 Å². The summed E-state index contributed by atoms with van der Waals surface area (Å²) in [4.78, 5) is 40.2. The van der Waals surface area contributed by atoms with Crippen LogP contribution in [-0.4, -0.2) is 78.0 Å². The lowest BCUT2D eigenvalue weighted by Crippen LogP contribution is -2.53. The molecule has 1 aliphatic heterocycles. The highest BCUT2D eigenvalue weighted by Crippen LogP contribution is 2.27. The molecule has 0 spiro atoms. The van der Waals surface area contributed by atoms with Crippen molar-refractivity contribution in [3.63, 3.8) is 0 Å².